The van der Waals surface area contributed by atoms with Crippen LogP contribution in [0.15, 0.2) is 60.9 Å². The van der Waals surface area contributed by atoms with E-state index in [4.69, 9.17) is 16.3 Å². The van der Waals surface area contributed by atoms with Crippen LogP contribution in [0.5, 0.6) is 0 Å². The number of carbonyl (C=O) groups is 1. The van der Waals surface area contributed by atoms with E-state index in [0.717, 1.165) is 43.6 Å². The third kappa shape index (κ3) is 6.63. The van der Waals surface area contributed by atoms with E-state index in [9.17, 15) is 4.79 Å². The SMILES string of the molecule is Cc1cc(Cl)nc(C)c1C(=O)NCC[C@H](C)N1CCC(N2C(c3ccccc3)CO[C@@H]2Nc2cccnc2)CC1. The Morgan fingerprint density at radius 1 is 1.15 bits per heavy atom. The van der Waals surface area contributed by atoms with E-state index in [2.05, 4.69) is 67.7 Å². The Labute approximate surface area is 242 Å². The highest BCUT2D eigenvalue weighted by atomic mass is 35.5. The van der Waals surface area contributed by atoms with E-state index in [1.54, 1.807) is 12.3 Å². The highest BCUT2D eigenvalue weighted by Gasteiger charge is 2.41. The number of hydrogen-bond acceptors (Lipinski definition) is 7. The molecule has 2 aliphatic rings. The predicted octanol–water partition coefficient (Wildman–Crippen LogP) is 5.19. The normalized spacial score (nSPS) is 21.3. The number of piperidine rings is 1. The first kappa shape index (κ1) is 28.5. The van der Waals surface area contributed by atoms with Crippen LogP contribution in [0.4, 0.5) is 5.69 Å². The summed E-state index contributed by atoms with van der Waals surface area (Å²) in [6.07, 6.45) is 6.43. The second kappa shape index (κ2) is 13.1. The first-order chi connectivity index (χ1) is 19.4. The van der Waals surface area contributed by atoms with Crippen molar-refractivity contribution in [3.05, 3.63) is 88.5 Å². The maximum atomic E-state index is 12.8. The van der Waals surface area contributed by atoms with Crippen LogP contribution in [0.2, 0.25) is 5.15 Å². The van der Waals surface area contributed by atoms with E-state index in [1.807, 2.05) is 32.2 Å². The molecule has 4 heterocycles. The summed E-state index contributed by atoms with van der Waals surface area (Å²) in [7, 11) is 0. The van der Waals surface area contributed by atoms with Crippen molar-refractivity contribution in [3.63, 3.8) is 0 Å². The minimum atomic E-state index is -0.201. The zero-order valence-electron chi connectivity index (χ0n) is 23.5. The smallest absolute Gasteiger partial charge is 0.253 e. The Morgan fingerprint density at radius 2 is 1.93 bits per heavy atom. The number of rotatable bonds is 9. The zero-order valence-corrected chi connectivity index (χ0v) is 24.3. The fourth-order valence-electron chi connectivity index (χ4n) is 6.03. The Morgan fingerprint density at radius 3 is 2.62 bits per heavy atom. The molecule has 5 rings (SSSR count). The molecule has 1 amide bonds. The molecule has 212 valence electrons. The number of ether oxygens (including phenoxy) is 1. The standard InChI is InChI=1S/C31H39ClN6O2/c1-21-18-28(32)35-23(3)29(21)30(39)34-15-11-22(2)37-16-12-26(13-17-37)38-27(24-8-5-4-6-9-24)20-40-31(38)36-25-10-7-14-33-19-25/h4-10,14,18-19,22,26-27,31,36H,11-13,15-17,20H2,1-3H3,(H,34,39)/t22-,27?,31+/m0/s1. The molecule has 0 spiro atoms. The molecule has 1 aromatic carbocycles. The van der Waals surface area contributed by atoms with Crippen molar-refractivity contribution in [2.45, 2.75) is 64.5 Å². The van der Waals surface area contributed by atoms with Gasteiger partial charge in [-0.1, -0.05) is 41.9 Å². The quantitative estimate of drug-likeness (QED) is 0.347. The molecule has 3 atom stereocenters. The number of pyridine rings is 2. The van der Waals surface area contributed by atoms with Crippen LogP contribution in [-0.2, 0) is 4.74 Å². The minimum absolute atomic E-state index is 0.0850. The van der Waals surface area contributed by atoms with Gasteiger partial charge in [-0.3, -0.25) is 9.78 Å². The molecule has 2 N–H and O–H groups in total. The second-order valence-corrected chi connectivity index (χ2v) is 11.2. The van der Waals surface area contributed by atoms with Crippen molar-refractivity contribution in [2.24, 2.45) is 0 Å². The monoisotopic (exact) mass is 562 g/mol. The average molecular weight is 563 g/mol. The molecule has 2 fully saturated rings. The summed E-state index contributed by atoms with van der Waals surface area (Å²) < 4.78 is 6.32. The highest BCUT2D eigenvalue weighted by Crippen LogP contribution is 2.36. The maximum Gasteiger partial charge on any atom is 0.253 e. The van der Waals surface area contributed by atoms with Gasteiger partial charge >= 0.3 is 0 Å². The summed E-state index contributed by atoms with van der Waals surface area (Å²) in [6, 6.07) is 17.3. The lowest BCUT2D eigenvalue weighted by molar-refractivity contribution is 0.00228. The number of nitrogens with zero attached hydrogens (tertiary/aromatic N) is 4. The highest BCUT2D eigenvalue weighted by molar-refractivity contribution is 6.29. The number of amides is 1. The summed E-state index contributed by atoms with van der Waals surface area (Å²) in [4.78, 5) is 26.4. The van der Waals surface area contributed by atoms with Crippen molar-refractivity contribution in [2.75, 3.05) is 31.6 Å². The van der Waals surface area contributed by atoms with Crippen LogP contribution in [0.25, 0.3) is 0 Å². The second-order valence-electron chi connectivity index (χ2n) is 10.8. The first-order valence-corrected chi connectivity index (χ1v) is 14.5. The zero-order chi connectivity index (χ0) is 28.1. The van der Waals surface area contributed by atoms with Gasteiger partial charge in [-0.05, 0) is 82.4 Å². The van der Waals surface area contributed by atoms with Crippen molar-refractivity contribution in [3.8, 4) is 0 Å². The fourth-order valence-corrected chi connectivity index (χ4v) is 6.32. The van der Waals surface area contributed by atoms with Gasteiger partial charge in [0, 0.05) is 24.8 Å². The van der Waals surface area contributed by atoms with E-state index < -0.39 is 0 Å². The number of halogens is 1. The largest absolute Gasteiger partial charge is 0.352 e. The van der Waals surface area contributed by atoms with E-state index in [1.165, 1.54) is 5.56 Å². The molecular formula is C31H39ClN6O2. The average Bonchev–Trinajstić information content (AvgIpc) is 3.37. The molecule has 2 aliphatic heterocycles. The molecule has 2 aromatic heterocycles. The summed E-state index contributed by atoms with van der Waals surface area (Å²) in [5, 5.41) is 7.07. The van der Waals surface area contributed by atoms with Crippen molar-refractivity contribution in [1.82, 2.24) is 25.1 Å². The van der Waals surface area contributed by atoms with Gasteiger partial charge in [0.15, 0.2) is 6.35 Å². The summed E-state index contributed by atoms with van der Waals surface area (Å²) in [6.45, 7) is 9.27. The number of aryl methyl sites for hydroxylation is 2. The molecule has 3 aromatic rings. The van der Waals surface area contributed by atoms with Gasteiger partial charge in [0.1, 0.15) is 5.15 Å². The van der Waals surface area contributed by atoms with Gasteiger partial charge < -0.3 is 20.3 Å². The topological polar surface area (TPSA) is 82.6 Å². The van der Waals surface area contributed by atoms with Gasteiger partial charge in [-0.2, -0.15) is 0 Å². The van der Waals surface area contributed by atoms with Gasteiger partial charge in [0.05, 0.1) is 35.8 Å². The van der Waals surface area contributed by atoms with Crippen LogP contribution in [0, 0.1) is 13.8 Å². The van der Waals surface area contributed by atoms with E-state index >= 15 is 0 Å². The Kier molecular flexibility index (Phi) is 9.32. The molecular weight excluding hydrogens is 524 g/mol. The maximum absolute atomic E-state index is 12.8. The van der Waals surface area contributed by atoms with Gasteiger partial charge in [-0.15, -0.1) is 0 Å². The molecule has 0 aliphatic carbocycles. The van der Waals surface area contributed by atoms with Gasteiger partial charge in [-0.25, -0.2) is 9.88 Å². The molecule has 1 unspecified atom stereocenters. The number of hydrogen-bond donors (Lipinski definition) is 2. The van der Waals surface area contributed by atoms with Crippen molar-refractivity contribution < 1.29 is 9.53 Å². The third-order valence-electron chi connectivity index (χ3n) is 8.16. The van der Waals surface area contributed by atoms with Crippen LogP contribution in [0.1, 0.15) is 59.4 Å². The van der Waals surface area contributed by atoms with Gasteiger partial charge in [0.2, 0.25) is 0 Å². The molecule has 2 saturated heterocycles. The fraction of sp³-hybridized carbons (Fsp3) is 0.452. The van der Waals surface area contributed by atoms with Crippen molar-refractivity contribution in [1.29, 1.82) is 0 Å². The summed E-state index contributed by atoms with van der Waals surface area (Å²) >= 11 is 6.03. The predicted molar refractivity (Wildman–Crippen MR) is 158 cm³/mol. The Balaban J connectivity index is 1.17. The van der Waals surface area contributed by atoms with Gasteiger partial charge in [0.25, 0.3) is 5.91 Å². The summed E-state index contributed by atoms with van der Waals surface area (Å²) in [5.74, 6) is -0.0850. The Bertz CT molecular complexity index is 1250. The molecule has 0 bridgehead atoms. The molecule has 8 nitrogen and oxygen atoms in total. The van der Waals surface area contributed by atoms with Crippen LogP contribution >= 0.6 is 11.6 Å². The number of carbonyl (C=O) groups excluding carboxylic acids is 1. The number of likely N-dealkylation sites (tertiary alicyclic amines) is 1. The molecule has 9 heteroatoms. The van der Waals surface area contributed by atoms with E-state index in [-0.39, 0.29) is 18.3 Å². The lowest BCUT2D eigenvalue weighted by Crippen LogP contribution is -2.51. The Hall–Kier alpha value is -3.04. The molecule has 0 radical (unpaired) electrons. The third-order valence-corrected chi connectivity index (χ3v) is 8.36. The van der Waals surface area contributed by atoms with Crippen LogP contribution in [0.3, 0.4) is 0 Å². The van der Waals surface area contributed by atoms with Crippen LogP contribution < -0.4 is 10.6 Å². The van der Waals surface area contributed by atoms with E-state index in [0.29, 0.717) is 41.6 Å². The summed E-state index contributed by atoms with van der Waals surface area (Å²) in [5.41, 5.74) is 4.37. The number of anilines is 1. The minimum Gasteiger partial charge on any atom is -0.352 e. The van der Waals surface area contributed by atoms with Crippen LogP contribution in [-0.4, -0.2) is 70.4 Å². The lowest BCUT2D eigenvalue weighted by atomic mass is 9.97. The molecule has 0 saturated carbocycles. The first-order valence-electron chi connectivity index (χ1n) is 14.2. The lowest BCUT2D eigenvalue weighted by Gasteiger charge is -2.42. The number of benzene rings is 1. The number of nitrogens with one attached hydrogen (secondary N) is 2. The van der Waals surface area contributed by atoms with Crippen molar-refractivity contribution >= 4 is 23.2 Å². The number of aromatic nitrogens is 2. The molecule has 40 heavy (non-hydrogen) atoms.